The molecule has 4 N–H and O–H groups in total. The Morgan fingerprint density at radius 1 is 1.31 bits per heavy atom. The average molecular weight is 222 g/mol. The molecule has 1 rings (SSSR count). The van der Waals surface area contributed by atoms with Crippen LogP contribution in [0.15, 0.2) is 18.2 Å². The standard InChI is InChI=1S/C13H22N2O/c1-4-13(5-2,9-16)15-12-7-6-10(3)8-11(12)14/h6-8,15-16H,4-5,9,14H2,1-3H3. The minimum atomic E-state index is -0.261. The van der Waals surface area contributed by atoms with Gasteiger partial charge in [0, 0.05) is 0 Å². The predicted octanol–water partition coefficient (Wildman–Crippen LogP) is 2.54. The number of aryl methyl sites for hydroxylation is 1. The molecule has 16 heavy (non-hydrogen) atoms. The number of aliphatic hydroxyl groups excluding tert-OH is 1. The van der Waals surface area contributed by atoms with Gasteiger partial charge in [-0.15, -0.1) is 0 Å². The monoisotopic (exact) mass is 222 g/mol. The summed E-state index contributed by atoms with van der Waals surface area (Å²) in [5, 5.41) is 12.8. The van der Waals surface area contributed by atoms with Gasteiger partial charge in [0.25, 0.3) is 0 Å². The zero-order valence-corrected chi connectivity index (χ0v) is 10.4. The van der Waals surface area contributed by atoms with Crippen LogP contribution in [0.4, 0.5) is 11.4 Å². The van der Waals surface area contributed by atoms with Gasteiger partial charge in [-0.25, -0.2) is 0 Å². The van der Waals surface area contributed by atoms with Crippen molar-refractivity contribution in [2.24, 2.45) is 0 Å². The van der Waals surface area contributed by atoms with E-state index in [4.69, 9.17) is 5.73 Å². The molecule has 3 nitrogen and oxygen atoms in total. The topological polar surface area (TPSA) is 58.3 Å². The number of nitrogen functional groups attached to an aromatic ring is 1. The second-order valence-corrected chi connectivity index (χ2v) is 4.36. The number of nitrogens with one attached hydrogen (secondary N) is 1. The first-order valence-electron chi connectivity index (χ1n) is 5.82. The number of nitrogens with two attached hydrogens (primary N) is 1. The molecule has 0 atom stereocenters. The number of anilines is 2. The van der Waals surface area contributed by atoms with Crippen LogP contribution in [0.5, 0.6) is 0 Å². The number of hydrogen-bond acceptors (Lipinski definition) is 3. The summed E-state index contributed by atoms with van der Waals surface area (Å²) >= 11 is 0. The number of rotatable bonds is 5. The molecule has 0 fully saturated rings. The van der Waals surface area contributed by atoms with E-state index in [0.29, 0.717) is 0 Å². The van der Waals surface area contributed by atoms with Crippen LogP contribution in [-0.4, -0.2) is 17.3 Å². The summed E-state index contributed by atoms with van der Waals surface area (Å²) in [6.45, 7) is 6.26. The van der Waals surface area contributed by atoms with Gasteiger partial charge in [-0.05, 0) is 37.5 Å². The van der Waals surface area contributed by atoms with E-state index >= 15 is 0 Å². The quantitative estimate of drug-likeness (QED) is 0.671. The Kier molecular flexibility index (Phi) is 4.19. The van der Waals surface area contributed by atoms with Crippen LogP contribution in [-0.2, 0) is 0 Å². The van der Waals surface area contributed by atoms with Crippen molar-refractivity contribution in [1.29, 1.82) is 0 Å². The lowest BCUT2D eigenvalue weighted by Gasteiger charge is -2.32. The van der Waals surface area contributed by atoms with Gasteiger partial charge < -0.3 is 16.2 Å². The molecule has 0 spiro atoms. The molecular formula is C13H22N2O. The summed E-state index contributed by atoms with van der Waals surface area (Å²) in [5.74, 6) is 0. The van der Waals surface area contributed by atoms with Crippen molar-refractivity contribution in [2.45, 2.75) is 39.2 Å². The molecule has 0 saturated carbocycles. The van der Waals surface area contributed by atoms with Crippen molar-refractivity contribution >= 4 is 11.4 Å². The lowest BCUT2D eigenvalue weighted by molar-refractivity contribution is 0.202. The Bertz CT molecular complexity index is 338. The van der Waals surface area contributed by atoms with Crippen molar-refractivity contribution in [1.82, 2.24) is 0 Å². The minimum Gasteiger partial charge on any atom is -0.397 e. The molecule has 0 radical (unpaired) electrons. The lowest BCUT2D eigenvalue weighted by atomic mass is 9.93. The molecule has 1 aromatic carbocycles. The molecular weight excluding hydrogens is 200 g/mol. The van der Waals surface area contributed by atoms with E-state index in [1.165, 1.54) is 0 Å². The van der Waals surface area contributed by atoms with Crippen LogP contribution in [0, 0.1) is 6.92 Å². The molecule has 0 aliphatic carbocycles. The van der Waals surface area contributed by atoms with Crippen LogP contribution in [0.3, 0.4) is 0 Å². The van der Waals surface area contributed by atoms with Gasteiger partial charge in [0.05, 0.1) is 23.5 Å². The summed E-state index contributed by atoms with van der Waals surface area (Å²) < 4.78 is 0. The Hall–Kier alpha value is -1.22. The first-order valence-corrected chi connectivity index (χ1v) is 5.82. The SMILES string of the molecule is CCC(CC)(CO)Nc1ccc(C)cc1N. The van der Waals surface area contributed by atoms with Gasteiger partial charge in [-0.1, -0.05) is 19.9 Å². The molecule has 0 bridgehead atoms. The molecule has 0 aromatic heterocycles. The van der Waals surface area contributed by atoms with E-state index in [2.05, 4.69) is 19.2 Å². The van der Waals surface area contributed by atoms with E-state index in [0.717, 1.165) is 29.8 Å². The Balaban J connectivity index is 2.93. The highest BCUT2D eigenvalue weighted by Gasteiger charge is 2.25. The molecule has 90 valence electrons. The third-order valence-corrected chi connectivity index (χ3v) is 3.26. The van der Waals surface area contributed by atoms with Crippen molar-refractivity contribution in [3.63, 3.8) is 0 Å². The highest BCUT2D eigenvalue weighted by molar-refractivity contribution is 5.67. The number of hydrogen-bond donors (Lipinski definition) is 3. The van der Waals surface area contributed by atoms with Crippen LogP contribution >= 0.6 is 0 Å². The van der Waals surface area contributed by atoms with E-state index in [1.54, 1.807) is 0 Å². The summed E-state index contributed by atoms with van der Waals surface area (Å²) in [6.07, 6.45) is 1.74. The fraction of sp³-hybridized carbons (Fsp3) is 0.538. The van der Waals surface area contributed by atoms with Crippen LogP contribution in [0.1, 0.15) is 32.3 Å². The maximum Gasteiger partial charge on any atom is 0.0661 e. The lowest BCUT2D eigenvalue weighted by Crippen LogP contribution is -2.41. The van der Waals surface area contributed by atoms with Crippen molar-refractivity contribution in [3.8, 4) is 0 Å². The zero-order valence-electron chi connectivity index (χ0n) is 10.4. The second kappa shape index (κ2) is 5.21. The van der Waals surface area contributed by atoms with Crippen LogP contribution in [0.2, 0.25) is 0 Å². The number of benzene rings is 1. The average Bonchev–Trinajstić information content (AvgIpc) is 2.29. The summed E-state index contributed by atoms with van der Waals surface area (Å²) in [5.41, 5.74) is 8.47. The smallest absolute Gasteiger partial charge is 0.0661 e. The van der Waals surface area contributed by atoms with E-state index < -0.39 is 0 Å². The molecule has 0 aliphatic heterocycles. The summed E-state index contributed by atoms with van der Waals surface area (Å²) in [7, 11) is 0. The number of aliphatic hydroxyl groups is 1. The van der Waals surface area contributed by atoms with Gasteiger partial charge in [0.15, 0.2) is 0 Å². The second-order valence-electron chi connectivity index (χ2n) is 4.36. The van der Waals surface area contributed by atoms with E-state index in [9.17, 15) is 5.11 Å². The summed E-state index contributed by atoms with van der Waals surface area (Å²) in [6, 6.07) is 5.93. The van der Waals surface area contributed by atoms with Crippen molar-refractivity contribution in [2.75, 3.05) is 17.7 Å². The van der Waals surface area contributed by atoms with Gasteiger partial charge in [-0.2, -0.15) is 0 Å². The van der Waals surface area contributed by atoms with Gasteiger partial charge in [0.2, 0.25) is 0 Å². The predicted molar refractivity (Wildman–Crippen MR) is 69.6 cm³/mol. The Morgan fingerprint density at radius 2 is 1.94 bits per heavy atom. The third kappa shape index (κ3) is 2.67. The zero-order chi connectivity index (χ0) is 12.2. The van der Waals surface area contributed by atoms with Crippen LogP contribution < -0.4 is 11.1 Å². The van der Waals surface area contributed by atoms with Gasteiger partial charge in [0.1, 0.15) is 0 Å². The summed E-state index contributed by atoms with van der Waals surface area (Å²) in [4.78, 5) is 0. The molecule has 0 unspecified atom stereocenters. The van der Waals surface area contributed by atoms with Gasteiger partial charge in [-0.3, -0.25) is 0 Å². The highest BCUT2D eigenvalue weighted by Crippen LogP contribution is 2.26. The fourth-order valence-corrected chi connectivity index (χ4v) is 1.77. The van der Waals surface area contributed by atoms with Crippen LogP contribution in [0.25, 0.3) is 0 Å². The van der Waals surface area contributed by atoms with E-state index in [1.807, 2.05) is 25.1 Å². The minimum absolute atomic E-state index is 0.118. The first-order chi connectivity index (χ1) is 7.56. The van der Waals surface area contributed by atoms with Gasteiger partial charge >= 0.3 is 0 Å². The maximum atomic E-state index is 9.48. The molecule has 0 amide bonds. The third-order valence-electron chi connectivity index (χ3n) is 3.26. The fourth-order valence-electron chi connectivity index (χ4n) is 1.77. The molecule has 1 aromatic rings. The molecule has 0 aliphatic rings. The maximum absolute atomic E-state index is 9.48. The van der Waals surface area contributed by atoms with E-state index in [-0.39, 0.29) is 12.1 Å². The molecule has 0 heterocycles. The highest BCUT2D eigenvalue weighted by atomic mass is 16.3. The van der Waals surface area contributed by atoms with Crippen molar-refractivity contribution in [3.05, 3.63) is 23.8 Å². The van der Waals surface area contributed by atoms with Crippen molar-refractivity contribution < 1.29 is 5.11 Å². The molecule has 0 saturated heterocycles. The Labute approximate surface area is 97.7 Å². The molecule has 3 heteroatoms. The largest absolute Gasteiger partial charge is 0.397 e. The normalized spacial score (nSPS) is 11.5. The Morgan fingerprint density at radius 3 is 2.38 bits per heavy atom. The first kappa shape index (κ1) is 12.8.